The minimum atomic E-state index is -0.966. The first-order chi connectivity index (χ1) is 12.5. The van der Waals surface area contributed by atoms with E-state index in [-0.39, 0.29) is 24.1 Å². The van der Waals surface area contributed by atoms with Gasteiger partial charge in [-0.1, -0.05) is 23.7 Å². The van der Waals surface area contributed by atoms with Crippen molar-refractivity contribution in [3.05, 3.63) is 46.7 Å². The Morgan fingerprint density at radius 3 is 2.62 bits per heavy atom. The molecule has 0 unspecified atom stereocenters. The van der Waals surface area contributed by atoms with Gasteiger partial charge in [0.15, 0.2) is 0 Å². The number of piperidine rings is 1. The van der Waals surface area contributed by atoms with Crippen LogP contribution < -0.4 is 5.32 Å². The van der Waals surface area contributed by atoms with E-state index < -0.39 is 5.97 Å². The lowest BCUT2D eigenvalue weighted by atomic mass is 10.0. The first-order valence-electron chi connectivity index (χ1n) is 8.51. The summed E-state index contributed by atoms with van der Waals surface area (Å²) in [6.45, 7) is 3.20. The lowest BCUT2D eigenvalue weighted by Crippen LogP contribution is -2.42. The molecule has 0 saturated carbocycles. The Hall–Kier alpha value is -2.54. The van der Waals surface area contributed by atoms with Crippen LogP contribution in [0, 0.1) is 6.92 Å². The van der Waals surface area contributed by atoms with Gasteiger partial charge in [-0.25, -0.2) is 4.79 Å². The molecule has 0 bridgehead atoms. The van der Waals surface area contributed by atoms with Crippen LogP contribution in [0.1, 0.15) is 34.9 Å². The van der Waals surface area contributed by atoms with Crippen LogP contribution in [0.15, 0.2) is 30.5 Å². The third-order valence-electron chi connectivity index (χ3n) is 4.74. The van der Waals surface area contributed by atoms with Crippen LogP contribution in [0.2, 0.25) is 5.02 Å². The van der Waals surface area contributed by atoms with Gasteiger partial charge in [0.25, 0.3) is 0 Å². The summed E-state index contributed by atoms with van der Waals surface area (Å²) in [6.07, 6.45) is 2.89. The third kappa shape index (κ3) is 3.83. The number of carboxylic acids is 1. The van der Waals surface area contributed by atoms with E-state index in [1.807, 2.05) is 23.1 Å². The highest BCUT2D eigenvalue weighted by atomic mass is 35.5. The highest BCUT2D eigenvalue weighted by Gasteiger charge is 2.26. The molecule has 26 heavy (non-hydrogen) atoms. The van der Waals surface area contributed by atoms with Gasteiger partial charge in [0.05, 0.1) is 35.2 Å². The highest BCUT2D eigenvalue weighted by molar-refractivity contribution is 6.33. The number of likely N-dealkylation sites (tertiary alicyclic amines) is 1. The SMILES string of the molecule is Cc1c(C(=O)O)cnn1C1CCN(C(=O)CNc2ccccc2Cl)CC1. The van der Waals surface area contributed by atoms with Crippen molar-refractivity contribution in [3.63, 3.8) is 0 Å². The molecule has 1 aromatic heterocycles. The summed E-state index contributed by atoms with van der Waals surface area (Å²) in [4.78, 5) is 25.4. The summed E-state index contributed by atoms with van der Waals surface area (Å²) in [5.41, 5.74) is 1.63. The number of amides is 1. The number of halogens is 1. The van der Waals surface area contributed by atoms with Crippen molar-refractivity contribution in [2.24, 2.45) is 0 Å². The van der Waals surface area contributed by atoms with Gasteiger partial charge in [-0.05, 0) is 31.9 Å². The molecular formula is C18H21ClN4O3. The first-order valence-corrected chi connectivity index (χ1v) is 8.88. The topological polar surface area (TPSA) is 87.5 Å². The molecule has 138 valence electrons. The van der Waals surface area contributed by atoms with Gasteiger partial charge in [0.1, 0.15) is 5.56 Å². The van der Waals surface area contributed by atoms with E-state index in [0.717, 1.165) is 18.5 Å². The lowest BCUT2D eigenvalue weighted by molar-refractivity contribution is -0.130. The number of carbonyl (C=O) groups excluding carboxylic acids is 1. The molecule has 1 aliphatic rings. The molecule has 0 spiro atoms. The predicted octanol–water partition coefficient (Wildman–Crippen LogP) is 2.82. The average molecular weight is 377 g/mol. The number of para-hydroxylation sites is 1. The van der Waals surface area contributed by atoms with Gasteiger partial charge in [-0.15, -0.1) is 0 Å². The molecule has 1 aromatic carbocycles. The summed E-state index contributed by atoms with van der Waals surface area (Å²) in [6, 6.07) is 7.43. The Morgan fingerprint density at radius 1 is 1.31 bits per heavy atom. The summed E-state index contributed by atoms with van der Waals surface area (Å²) in [5.74, 6) is -0.946. The van der Waals surface area contributed by atoms with E-state index >= 15 is 0 Å². The minimum Gasteiger partial charge on any atom is -0.478 e. The Bertz CT molecular complexity index is 813. The molecule has 1 amide bonds. The van der Waals surface area contributed by atoms with E-state index in [0.29, 0.717) is 23.8 Å². The molecule has 0 radical (unpaired) electrons. The minimum absolute atomic E-state index is 0.0202. The number of aromatic carboxylic acids is 1. The number of carboxylic acid groups (broad SMARTS) is 1. The quantitative estimate of drug-likeness (QED) is 0.837. The number of aromatic nitrogens is 2. The standard InChI is InChI=1S/C18H21ClN4O3/c1-12-14(18(25)26)10-21-23(12)13-6-8-22(9-7-13)17(24)11-20-16-5-3-2-4-15(16)19/h2-5,10,13,20H,6-9,11H2,1H3,(H,25,26). The maximum Gasteiger partial charge on any atom is 0.339 e. The number of hydrogen-bond donors (Lipinski definition) is 2. The largest absolute Gasteiger partial charge is 0.478 e. The van der Waals surface area contributed by atoms with Crippen LogP contribution in [0.5, 0.6) is 0 Å². The highest BCUT2D eigenvalue weighted by Crippen LogP contribution is 2.25. The van der Waals surface area contributed by atoms with Crippen molar-refractivity contribution in [2.45, 2.75) is 25.8 Å². The Balaban J connectivity index is 1.54. The van der Waals surface area contributed by atoms with Crippen LogP contribution in [-0.4, -0.2) is 51.3 Å². The molecule has 0 aliphatic carbocycles. The van der Waals surface area contributed by atoms with Gasteiger partial charge in [0, 0.05) is 13.1 Å². The molecular weight excluding hydrogens is 356 g/mol. The molecule has 3 rings (SSSR count). The number of anilines is 1. The maximum atomic E-state index is 12.4. The summed E-state index contributed by atoms with van der Waals surface area (Å²) in [7, 11) is 0. The Kier molecular flexibility index (Phi) is 5.46. The zero-order chi connectivity index (χ0) is 18.7. The fourth-order valence-corrected chi connectivity index (χ4v) is 3.45. The van der Waals surface area contributed by atoms with Gasteiger partial charge >= 0.3 is 5.97 Å². The van der Waals surface area contributed by atoms with Gasteiger partial charge in [-0.3, -0.25) is 9.48 Å². The lowest BCUT2D eigenvalue weighted by Gasteiger charge is -2.32. The number of rotatable bonds is 5. The van der Waals surface area contributed by atoms with Crippen LogP contribution in [-0.2, 0) is 4.79 Å². The van der Waals surface area contributed by atoms with Crippen LogP contribution in [0.25, 0.3) is 0 Å². The number of nitrogens with zero attached hydrogens (tertiary/aromatic N) is 3. The Labute approximate surface area is 156 Å². The van der Waals surface area contributed by atoms with Crippen molar-refractivity contribution >= 4 is 29.2 Å². The number of hydrogen-bond acceptors (Lipinski definition) is 4. The molecule has 7 nitrogen and oxygen atoms in total. The molecule has 1 saturated heterocycles. The molecule has 1 fully saturated rings. The maximum absolute atomic E-state index is 12.4. The van der Waals surface area contributed by atoms with Gasteiger partial charge in [-0.2, -0.15) is 5.10 Å². The van der Waals surface area contributed by atoms with Gasteiger partial charge < -0.3 is 15.3 Å². The zero-order valence-electron chi connectivity index (χ0n) is 14.5. The molecule has 8 heteroatoms. The second-order valence-electron chi connectivity index (χ2n) is 6.34. The molecule has 2 aromatic rings. The van der Waals surface area contributed by atoms with Gasteiger partial charge in [0.2, 0.25) is 5.91 Å². The van der Waals surface area contributed by atoms with Crippen molar-refractivity contribution in [1.82, 2.24) is 14.7 Å². The smallest absolute Gasteiger partial charge is 0.339 e. The van der Waals surface area contributed by atoms with Crippen molar-refractivity contribution in [3.8, 4) is 0 Å². The number of carbonyl (C=O) groups is 2. The van der Waals surface area contributed by atoms with E-state index in [4.69, 9.17) is 16.7 Å². The van der Waals surface area contributed by atoms with Crippen LogP contribution >= 0.6 is 11.6 Å². The molecule has 2 N–H and O–H groups in total. The zero-order valence-corrected chi connectivity index (χ0v) is 15.2. The molecule has 1 aliphatic heterocycles. The average Bonchev–Trinajstić information content (AvgIpc) is 3.02. The molecule has 2 heterocycles. The van der Waals surface area contributed by atoms with Crippen molar-refractivity contribution in [2.75, 3.05) is 25.0 Å². The van der Waals surface area contributed by atoms with Crippen LogP contribution in [0.3, 0.4) is 0 Å². The van der Waals surface area contributed by atoms with E-state index in [9.17, 15) is 9.59 Å². The van der Waals surface area contributed by atoms with Crippen molar-refractivity contribution in [1.29, 1.82) is 0 Å². The summed E-state index contributed by atoms with van der Waals surface area (Å²) in [5, 5.41) is 17.0. The summed E-state index contributed by atoms with van der Waals surface area (Å²) >= 11 is 6.08. The fourth-order valence-electron chi connectivity index (χ4n) is 3.25. The van der Waals surface area contributed by atoms with Crippen molar-refractivity contribution < 1.29 is 14.7 Å². The third-order valence-corrected chi connectivity index (χ3v) is 5.07. The van der Waals surface area contributed by atoms with E-state index in [1.165, 1.54) is 6.20 Å². The normalized spacial score (nSPS) is 15.1. The Morgan fingerprint density at radius 2 is 2.00 bits per heavy atom. The fraction of sp³-hybridized carbons (Fsp3) is 0.389. The first kappa shape index (κ1) is 18.3. The second-order valence-corrected chi connectivity index (χ2v) is 6.75. The van der Waals surface area contributed by atoms with Crippen LogP contribution in [0.4, 0.5) is 5.69 Å². The second kappa shape index (κ2) is 7.78. The number of benzene rings is 1. The number of nitrogens with one attached hydrogen (secondary N) is 1. The van der Waals surface area contributed by atoms with E-state index in [2.05, 4.69) is 10.4 Å². The molecule has 0 atom stereocenters. The van der Waals surface area contributed by atoms with E-state index in [1.54, 1.807) is 17.7 Å². The predicted molar refractivity (Wildman–Crippen MR) is 98.7 cm³/mol. The monoisotopic (exact) mass is 376 g/mol. The summed E-state index contributed by atoms with van der Waals surface area (Å²) < 4.78 is 1.77.